The molecule has 3 rings (SSSR count). The van der Waals surface area contributed by atoms with Crippen molar-refractivity contribution in [3.8, 4) is 0 Å². The van der Waals surface area contributed by atoms with Crippen molar-refractivity contribution in [1.29, 1.82) is 0 Å². The number of rotatable bonds is 3. The van der Waals surface area contributed by atoms with Crippen LogP contribution in [0.3, 0.4) is 0 Å². The zero-order chi connectivity index (χ0) is 16.4. The predicted octanol–water partition coefficient (Wildman–Crippen LogP) is 2.82. The van der Waals surface area contributed by atoms with Crippen LogP contribution in [0, 0.1) is 17.0 Å². The maximum atomic E-state index is 12.0. The molecule has 0 saturated carbocycles. The van der Waals surface area contributed by atoms with Crippen molar-refractivity contribution in [2.24, 2.45) is 4.99 Å². The standard InChI is InChI=1S/C17H13N3O3/c1-11-5-7-13(8-6-11)16-18-15(17(21)19-16)10-12-3-2-4-14(9-12)20(22)23/h2-10H,1H3,(H,18,19,21)/b15-10+. The van der Waals surface area contributed by atoms with Crippen LogP contribution in [-0.2, 0) is 4.79 Å². The fourth-order valence-corrected chi connectivity index (χ4v) is 2.20. The van der Waals surface area contributed by atoms with E-state index in [4.69, 9.17) is 0 Å². The van der Waals surface area contributed by atoms with Gasteiger partial charge in [-0.2, -0.15) is 0 Å². The Bertz CT molecular complexity index is 852. The molecule has 1 N–H and O–H groups in total. The Hall–Kier alpha value is -3.28. The van der Waals surface area contributed by atoms with Crippen molar-refractivity contribution in [3.05, 3.63) is 81.0 Å². The number of aryl methyl sites for hydroxylation is 1. The first-order valence-electron chi connectivity index (χ1n) is 6.96. The van der Waals surface area contributed by atoms with Crippen LogP contribution in [0.4, 0.5) is 5.69 Å². The highest BCUT2D eigenvalue weighted by molar-refractivity contribution is 6.19. The van der Waals surface area contributed by atoms with Crippen LogP contribution in [0.15, 0.2) is 59.2 Å². The zero-order valence-corrected chi connectivity index (χ0v) is 12.3. The number of amidine groups is 1. The molecule has 1 heterocycles. The van der Waals surface area contributed by atoms with Gasteiger partial charge in [-0.3, -0.25) is 14.9 Å². The average Bonchev–Trinajstić information content (AvgIpc) is 2.89. The molecule has 6 nitrogen and oxygen atoms in total. The molecule has 0 radical (unpaired) electrons. The van der Waals surface area contributed by atoms with Crippen LogP contribution in [0.25, 0.3) is 6.08 Å². The summed E-state index contributed by atoms with van der Waals surface area (Å²) in [7, 11) is 0. The number of non-ortho nitro benzene ring substituents is 1. The number of amides is 1. The number of nitro groups is 1. The number of carbonyl (C=O) groups excluding carboxylic acids is 1. The summed E-state index contributed by atoms with van der Waals surface area (Å²) in [4.78, 5) is 26.6. The van der Waals surface area contributed by atoms with Gasteiger partial charge in [0, 0.05) is 17.7 Å². The highest BCUT2D eigenvalue weighted by Gasteiger charge is 2.21. The smallest absolute Gasteiger partial charge is 0.275 e. The van der Waals surface area contributed by atoms with E-state index < -0.39 is 4.92 Å². The molecule has 1 aliphatic rings. The number of nitrogens with zero attached hydrogens (tertiary/aromatic N) is 2. The molecule has 6 heteroatoms. The van der Waals surface area contributed by atoms with Gasteiger partial charge in [-0.25, -0.2) is 4.99 Å². The number of nitro benzene ring substituents is 1. The molecule has 114 valence electrons. The third-order valence-corrected chi connectivity index (χ3v) is 3.41. The van der Waals surface area contributed by atoms with Crippen LogP contribution in [0.2, 0.25) is 0 Å². The molecule has 0 aromatic heterocycles. The Morgan fingerprint density at radius 1 is 1.17 bits per heavy atom. The van der Waals surface area contributed by atoms with E-state index in [0.717, 1.165) is 11.1 Å². The second-order valence-electron chi connectivity index (χ2n) is 5.16. The fraction of sp³-hybridized carbons (Fsp3) is 0.0588. The van der Waals surface area contributed by atoms with Crippen molar-refractivity contribution < 1.29 is 9.72 Å². The maximum absolute atomic E-state index is 12.0. The monoisotopic (exact) mass is 307 g/mol. The summed E-state index contributed by atoms with van der Waals surface area (Å²) in [6.45, 7) is 1.98. The summed E-state index contributed by atoms with van der Waals surface area (Å²) in [6.07, 6.45) is 1.53. The van der Waals surface area contributed by atoms with Crippen molar-refractivity contribution in [3.63, 3.8) is 0 Å². The Morgan fingerprint density at radius 2 is 1.91 bits per heavy atom. The molecule has 0 saturated heterocycles. The van der Waals surface area contributed by atoms with E-state index in [1.54, 1.807) is 12.1 Å². The number of hydrogen-bond acceptors (Lipinski definition) is 4. The lowest BCUT2D eigenvalue weighted by Crippen LogP contribution is -2.24. The quantitative estimate of drug-likeness (QED) is 0.537. The third-order valence-electron chi connectivity index (χ3n) is 3.41. The van der Waals surface area contributed by atoms with E-state index in [1.807, 2.05) is 31.2 Å². The summed E-state index contributed by atoms with van der Waals surface area (Å²) in [5, 5.41) is 13.5. The van der Waals surface area contributed by atoms with Gasteiger partial charge in [0.05, 0.1) is 4.92 Å². The van der Waals surface area contributed by atoms with E-state index >= 15 is 0 Å². The van der Waals surface area contributed by atoms with Gasteiger partial charge in [0.1, 0.15) is 11.5 Å². The van der Waals surface area contributed by atoms with Gasteiger partial charge in [-0.15, -0.1) is 0 Å². The zero-order valence-electron chi connectivity index (χ0n) is 12.3. The number of aliphatic imine (C=N–C) groups is 1. The SMILES string of the molecule is Cc1ccc(C2=N/C(=C/c3cccc([N+](=O)[O-])c3)C(=O)N2)cc1. The number of benzene rings is 2. The predicted molar refractivity (Wildman–Crippen MR) is 86.9 cm³/mol. The molecule has 0 spiro atoms. The molecule has 0 atom stereocenters. The lowest BCUT2D eigenvalue weighted by molar-refractivity contribution is -0.384. The van der Waals surface area contributed by atoms with Gasteiger partial charge in [0.15, 0.2) is 0 Å². The van der Waals surface area contributed by atoms with Gasteiger partial charge < -0.3 is 5.32 Å². The lowest BCUT2D eigenvalue weighted by atomic mass is 10.1. The second-order valence-corrected chi connectivity index (χ2v) is 5.16. The van der Waals surface area contributed by atoms with Crippen molar-refractivity contribution in [1.82, 2.24) is 5.32 Å². The van der Waals surface area contributed by atoms with Crippen LogP contribution in [-0.4, -0.2) is 16.7 Å². The summed E-state index contributed by atoms with van der Waals surface area (Å²) in [5.74, 6) is 0.152. The Balaban J connectivity index is 1.93. The molecule has 0 unspecified atom stereocenters. The molecular formula is C17H13N3O3. The van der Waals surface area contributed by atoms with Crippen LogP contribution in [0.1, 0.15) is 16.7 Å². The van der Waals surface area contributed by atoms with Gasteiger partial charge in [-0.05, 0) is 18.6 Å². The molecule has 23 heavy (non-hydrogen) atoms. The topological polar surface area (TPSA) is 84.6 Å². The van der Waals surface area contributed by atoms with E-state index in [-0.39, 0.29) is 17.3 Å². The summed E-state index contributed by atoms with van der Waals surface area (Å²) < 4.78 is 0. The first-order chi connectivity index (χ1) is 11.0. The lowest BCUT2D eigenvalue weighted by Gasteiger charge is -2.00. The summed E-state index contributed by atoms with van der Waals surface area (Å²) in [6, 6.07) is 13.7. The molecule has 0 fully saturated rings. The van der Waals surface area contributed by atoms with E-state index in [1.165, 1.54) is 18.2 Å². The van der Waals surface area contributed by atoms with E-state index in [2.05, 4.69) is 10.3 Å². The minimum atomic E-state index is -0.474. The van der Waals surface area contributed by atoms with Crippen molar-refractivity contribution >= 4 is 23.5 Å². The van der Waals surface area contributed by atoms with E-state index in [0.29, 0.717) is 11.4 Å². The molecule has 0 bridgehead atoms. The second kappa shape index (κ2) is 5.84. The first-order valence-corrected chi connectivity index (χ1v) is 6.96. The average molecular weight is 307 g/mol. The molecule has 1 amide bonds. The molecule has 2 aromatic rings. The Labute approximate surface area is 132 Å². The van der Waals surface area contributed by atoms with Crippen molar-refractivity contribution in [2.45, 2.75) is 6.92 Å². The normalized spacial score (nSPS) is 15.4. The molecule has 2 aromatic carbocycles. The summed E-state index contributed by atoms with van der Waals surface area (Å²) in [5.41, 5.74) is 2.68. The van der Waals surface area contributed by atoms with Crippen molar-refractivity contribution in [2.75, 3.05) is 0 Å². The molecule has 0 aliphatic carbocycles. The Morgan fingerprint density at radius 3 is 2.61 bits per heavy atom. The maximum Gasteiger partial charge on any atom is 0.275 e. The number of carbonyl (C=O) groups is 1. The number of hydrogen-bond donors (Lipinski definition) is 1. The van der Waals surface area contributed by atoms with Gasteiger partial charge in [0.25, 0.3) is 11.6 Å². The fourth-order valence-electron chi connectivity index (χ4n) is 2.20. The summed E-state index contributed by atoms with van der Waals surface area (Å²) >= 11 is 0. The number of nitrogens with one attached hydrogen (secondary N) is 1. The Kier molecular flexibility index (Phi) is 3.72. The third kappa shape index (κ3) is 3.16. The van der Waals surface area contributed by atoms with Crippen LogP contribution >= 0.6 is 0 Å². The minimum Gasteiger partial charge on any atom is -0.305 e. The van der Waals surface area contributed by atoms with Gasteiger partial charge >= 0.3 is 0 Å². The highest BCUT2D eigenvalue weighted by atomic mass is 16.6. The molecule has 1 aliphatic heterocycles. The van der Waals surface area contributed by atoms with Gasteiger partial charge in [-0.1, -0.05) is 42.0 Å². The highest BCUT2D eigenvalue weighted by Crippen LogP contribution is 2.19. The minimum absolute atomic E-state index is 0.0273. The largest absolute Gasteiger partial charge is 0.305 e. The van der Waals surface area contributed by atoms with Gasteiger partial charge in [0.2, 0.25) is 0 Å². The van der Waals surface area contributed by atoms with Crippen LogP contribution < -0.4 is 5.32 Å². The first kappa shape index (κ1) is 14.6. The van der Waals surface area contributed by atoms with Crippen LogP contribution in [0.5, 0.6) is 0 Å². The van der Waals surface area contributed by atoms with E-state index in [9.17, 15) is 14.9 Å². The molecular weight excluding hydrogens is 294 g/mol.